The molecule has 1 aliphatic heterocycles. The van der Waals surface area contributed by atoms with Crippen molar-refractivity contribution in [2.75, 3.05) is 18.4 Å². The van der Waals surface area contributed by atoms with Crippen molar-refractivity contribution in [2.24, 2.45) is 11.8 Å². The van der Waals surface area contributed by atoms with Crippen LogP contribution in [0.4, 0.5) is 5.69 Å². The lowest BCUT2D eigenvalue weighted by molar-refractivity contribution is -0.133. The third kappa shape index (κ3) is 5.75. The summed E-state index contributed by atoms with van der Waals surface area (Å²) in [6, 6.07) is 17.9. The van der Waals surface area contributed by atoms with Crippen molar-refractivity contribution in [1.29, 1.82) is 0 Å². The number of anilines is 1. The van der Waals surface area contributed by atoms with Crippen molar-refractivity contribution in [2.45, 2.75) is 45.6 Å². The first kappa shape index (κ1) is 20.2. The molecule has 2 N–H and O–H groups in total. The van der Waals surface area contributed by atoms with Crippen LogP contribution in [0, 0.1) is 11.8 Å². The van der Waals surface area contributed by atoms with Crippen LogP contribution in [-0.2, 0) is 11.2 Å². The molecule has 2 atom stereocenters. The van der Waals surface area contributed by atoms with E-state index in [4.69, 9.17) is 0 Å². The standard InChI is InChI=1S/C24H32N2O2/c1-18(2)16-20-17-26(15-14-23(20)25-21-6-4-3-5-7-21)24(28)13-10-19-8-11-22(27)12-9-19/h3-9,11-12,18,20,23,25,27H,10,13-17H2,1-2H3/t20-,23+/m0/s1. The van der Waals surface area contributed by atoms with Crippen LogP contribution in [-0.4, -0.2) is 35.0 Å². The van der Waals surface area contributed by atoms with Crippen LogP contribution in [0.25, 0.3) is 0 Å². The first-order valence-electron chi connectivity index (χ1n) is 10.4. The number of carbonyl (C=O) groups is 1. The fourth-order valence-corrected chi connectivity index (χ4v) is 4.11. The van der Waals surface area contributed by atoms with E-state index in [0.717, 1.165) is 43.6 Å². The second-order valence-electron chi connectivity index (χ2n) is 8.30. The van der Waals surface area contributed by atoms with E-state index in [2.05, 4.69) is 48.3 Å². The lowest BCUT2D eigenvalue weighted by Crippen LogP contribution is -2.49. The molecule has 1 fully saturated rings. The van der Waals surface area contributed by atoms with Gasteiger partial charge in [-0.3, -0.25) is 4.79 Å². The third-order valence-electron chi connectivity index (χ3n) is 5.55. The van der Waals surface area contributed by atoms with Crippen LogP contribution in [0.5, 0.6) is 5.75 Å². The van der Waals surface area contributed by atoms with Gasteiger partial charge in [-0.05, 0) is 60.9 Å². The minimum absolute atomic E-state index is 0.236. The summed E-state index contributed by atoms with van der Waals surface area (Å²) in [6.07, 6.45) is 3.34. The van der Waals surface area contributed by atoms with Crippen molar-refractivity contribution in [3.05, 3.63) is 60.2 Å². The normalized spacial score (nSPS) is 19.6. The number of phenols is 1. The maximum atomic E-state index is 12.8. The quantitative estimate of drug-likeness (QED) is 0.732. The number of carbonyl (C=O) groups excluding carboxylic acids is 1. The molecule has 0 unspecified atom stereocenters. The molecule has 0 radical (unpaired) electrons. The van der Waals surface area contributed by atoms with Gasteiger partial charge >= 0.3 is 0 Å². The summed E-state index contributed by atoms with van der Waals surface area (Å²) < 4.78 is 0. The Kier molecular flexibility index (Phi) is 6.96. The van der Waals surface area contributed by atoms with E-state index in [1.54, 1.807) is 12.1 Å². The topological polar surface area (TPSA) is 52.6 Å². The van der Waals surface area contributed by atoms with Gasteiger partial charge in [0.25, 0.3) is 0 Å². The van der Waals surface area contributed by atoms with E-state index >= 15 is 0 Å². The summed E-state index contributed by atoms with van der Waals surface area (Å²) in [5.74, 6) is 1.57. The number of piperidine rings is 1. The lowest BCUT2D eigenvalue weighted by Gasteiger charge is -2.40. The molecule has 0 saturated carbocycles. The van der Waals surface area contributed by atoms with Gasteiger partial charge < -0.3 is 15.3 Å². The Bertz CT molecular complexity index is 743. The molecule has 0 spiro atoms. The van der Waals surface area contributed by atoms with E-state index in [0.29, 0.717) is 24.3 Å². The number of amides is 1. The number of aryl methyl sites for hydroxylation is 1. The summed E-state index contributed by atoms with van der Waals surface area (Å²) >= 11 is 0. The van der Waals surface area contributed by atoms with Crippen molar-refractivity contribution < 1.29 is 9.90 Å². The maximum Gasteiger partial charge on any atom is 0.222 e. The van der Waals surface area contributed by atoms with Crippen LogP contribution in [0.15, 0.2) is 54.6 Å². The molecule has 28 heavy (non-hydrogen) atoms. The van der Waals surface area contributed by atoms with Crippen LogP contribution >= 0.6 is 0 Å². The Morgan fingerprint density at radius 3 is 2.54 bits per heavy atom. The molecule has 2 aromatic rings. The minimum atomic E-state index is 0.236. The molecule has 1 heterocycles. The Morgan fingerprint density at radius 1 is 1.14 bits per heavy atom. The zero-order chi connectivity index (χ0) is 19.9. The van der Waals surface area contributed by atoms with Crippen LogP contribution in [0.3, 0.4) is 0 Å². The van der Waals surface area contributed by atoms with E-state index < -0.39 is 0 Å². The zero-order valence-electron chi connectivity index (χ0n) is 17.0. The van der Waals surface area contributed by atoms with Gasteiger partial charge in [0, 0.05) is 31.2 Å². The van der Waals surface area contributed by atoms with Crippen molar-refractivity contribution in [3.63, 3.8) is 0 Å². The van der Waals surface area contributed by atoms with Gasteiger partial charge in [0.1, 0.15) is 5.75 Å². The van der Waals surface area contributed by atoms with E-state index in [1.807, 2.05) is 18.2 Å². The molecule has 4 nitrogen and oxygen atoms in total. The average molecular weight is 381 g/mol. The molecule has 1 saturated heterocycles. The first-order chi connectivity index (χ1) is 13.5. The average Bonchev–Trinajstić information content (AvgIpc) is 2.69. The molecular weight excluding hydrogens is 348 g/mol. The zero-order valence-corrected chi connectivity index (χ0v) is 17.0. The molecule has 1 amide bonds. The predicted molar refractivity (Wildman–Crippen MR) is 114 cm³/mol. The van der Waals surface area contributed by atoms with Crippen LogP contribution < -0.4 is 5.32 Å². The smallest absolute Gasteiger partial charge is 0.222 e. The highest BCUT2D eigenvalue weighted by atomic mass is 16.3. The van der Waals surface area contributed by atoms with Gasteiger partial charge in [0.2, 0.25) is 5.91 Å². The van der Waals surface area contributed by atoms with Gasteiger partial charge in [-0.25, -0.2) is 0 Å². The largest absolute Gasteiger partial charge is 0.508 e. The number of aromatic hydroxyl groups is 1. The fourth-order valence-electron chi connectivity index (χ4n) is 4.11. The highest BCUT2D eigenvalue weighted by Gasteiger charge is 2.31. The maximum absolute atomic E-state index is 12.8. The molecule has 0 aromatic heterocycles. The molecule has 4 heteroatoms. The molecule has 150 valence electrons. The van der Waals surface area contributed by atoms with Crippen molar-refractivity contribution >= 4 is 11.6 Å². The summed E-state index contributed by atoms with van der Waals surface area (Å²) in [4.78, 5) is 14.8. The molecule has 3 rings (SSSR count). The Balaban J connectivity index is 1.57. The first-order valence-corrected chi connectivity index (χ1v) is 10.4. The monoisotopic (exact) mass is 380 g/mol. The Labute approximate surface area is 168 Å². The number of nitrogens with one attached hydrogen (secondary N) is 1. The highest BCUT2D eigenvalue weighted by molar-refractivity contribution is 5.76. The Morgan fingerprint density at radius 2 is 1.86 bits per heavy atom. The molecule has 2 aromatic carbocycles. The number of para-hydroxylation sites is 1. The van der Waals surface area contributed by atoms with Gasteiger partial charge in [0.05, 0.1) is 0 Å². The minimum Gasteiger partial charge on any atom is -0.508 e. The summed E-state index contributed by atoms with van der Waals surface area (Å²) in [6.45, 7) is 6.15. The number of hydrogen-bond donors (Lipinski definition) is 2. The van der Waals surface area contributed by atoms with Gasteiger partial charge in [-0.15, -0.1) is 0 Å². The van der Waals surface area contributed by atoms with Gasteiger partial charge in [0.15, 0.2) is 0 Å². The summed E-state index contributed by atoms with van der Waals surface area (Å²) in [5, 5.41) is 13.1. The van der Waals surface area contributed by atoms with E-state index in [9.17, 15) is 9.90 Å². The molecular formula is C24H32N2O2. The van der Waals surface area contributed by atoms with E-state index in [1.165, 1.54) is 0 Å². The number of nitrogens with zero attached hydrogens (tertiary/aromatic N) is 1. The van der Waals surface area contributed by atoms with Gasteiger partial charge in [-0.2, -0.15) is 0 Å². The molecule has 0 aliphatic carbocycles. The Hall–Kier alpha value is -2.49. The second kappa shape index (κ2) is 9.63. The molecule has 0 bridgehead atoms. The fraction of sp³-hybridized carbons (Fsp3) is 0.458. The SMILES string of the molecule is CC(C)C[C@H]1CN(C(=O)CCc2ccc(O)cc2)CC[C@H]1Nc1ccccc1. The number of likely N-dealkylation sites (tertiary alicyclic amines) is 1. The van der Waals surface area contributed by atoms with Gasteiger partial charge in [-0.1, -0.05) is 44.2 Å². The van der Waals surface area contributed by atoms with Crippen molar-refractivity contribution in [3.8, 4) is 5.75 Å². The summed E-state index contributed by atoms with van der Waals surface area (Å²) in [5.41, 5.74) is 2.25. The molecule has 1 aliphatic rings. The summed E-state index contributed by atoms with van der Waals surface area (Å²) in [7, 11) is 0. The third-order valence-corrected chi connectivity index (χ3v) is 5.55. The number of hydrogen-bond acceptors (Lipinski definition) is 3. The number of rotatable bonds is 7. The van der Waals surface area contributed by atoms with Crippen LogP contribution in [0.2, 0.25) is 0 Å². The van der Waals surface area contributed by atoms with Crippen LogP contribution in [0.1, 0.15) is 38.7 Å². The number of phenolic OH excluding ortho intramolecular Hbond substituents is 1. The highest BCUT2D eigenvalue weighted by Crippen LogP contribution is 2.27. The number of benzene rings is 2. The lowest BCUT2D eigenvalue weighted by atomic mass is 9.85. The second-order valence-corrected chi connectivity index (χ2v) is 8.30. The van der Waals surface area contributed by atoms with Crippen molar-refractivity contribution in [1.82, 2.24) is 4.90 Å². The predicted octanol–water partition coefficient (Wildman–Crippen LogP) is 4.70. The van der Waals surface area contributed by atoms with E-state index in [-0.39, 0.29) is 11.7 Å².